The van der Waals surface area contributed by atoms with E-state index < -0.39 is 5.91 Å². The fourth-order valence-electron chi connectivity index (χ4n) is 3.66. The lowest BCUT2D eigenvalue weighted by Crippen LogP contribution is -2.25. The Balaban J connectivity index is 1.37. The summed E-state index contributed by atoms with van der Waals surface area (Å²) >= 11 is 5.85. The zero-order valence-corrected chi connectivity index (χ0v) is 24.5. The van der Waals surface area contributed by atoms with E-state index in [1.807, 2.05) is 43.3 Å². The summed E-state index contributed by atoms with van der Waals surface area (Å²) in [5.41, 5.74) is 5.91. The van der Waals surface area contributed by atoms with Crippen molar-refractivity contribution in [2.75, 3.05) is 5.32 Å². The fraction of sp³-hybridized carbons (Fsp3) is 0.143. The molecule has 39 heavy (non-hydrogen) atoms. The van der Waals surface area contributed by atoms with E-state index >= 15 is 0 Å². The highest BCUT2D eigenvalue weighted by molar-refractivity contribution is 9.10. The van der Waals surface area contributed by atoms with E-state index in [0.717, 1.165) is 26.9 Å². The molecule has 3 amide bonds. The van der Waals surface area contributed by atoms with E-state index in [1.165, 1.54) is 18.3 Å². The number of nitrogens with zero attached hydrogens (tertiary/aromatic N) is 1. The number of nitrogens with one attached hydrogen (secondary N) is 3. The first-order valence-electron chi connectivity index (χ1n) is 11.8. The maximum Gasteiger partial charge on any atom is 0.281 e. The molecule has 2 heterocycles. The van der Waals surface area contributed by atoms with Gasteiger partial charge < -0.3 is 15.7 Å². The third-order valence-corrected chi connectivity index (χ3v) is 8.35. The number of hydrazone groups is 1. The van der Waals surface area contributed by atoms with Crippen molar-refractivity contribution in [3.8, 4) is 16.2 Å². The van der Waals surface area contributed by atoms with Crippen molar-refractivity contribution in [1.82, 2.24) is 10.7 Å². The Morgan fingerprint density at radius 2 is 1.56 bits per heavy atom. The van der Waals surface area contributed by atoms with E-state index in [0.29, 0.717) is 31.6 Å². The minimum absolute atomic E-state index is 0.103. The summed E-state index contributed by atoms with van der Waals surface area (Å²) in [6, 6.07) is 17.7. The van der Waals surface area contributed by atoms with Gasteiger partial charge in [-0.15, -0.1) is 22.7 Å². The summed E-state index contributed by atoms with van der Waals surface area (Å²) in [6.45, 7) is 4.99. The second-order valence-electron chi connectivity index (χ2n) is 8.63. The predicted octanol–water partition coefficient (Wildman–Crippen LogP) is 6.55. The number of carbonyl (C=O) groups is 3. The molecule has 0 spiro atoms. The second kappa shape index (κ2) is 12.4. The smallest absolute Gasteiger partial charge is 0.281 e. The third kappa shape index (κ3) is 6.99. The van der Waals surface area contributed by atoms with Crippen molar-refractivity contribution in [3.63, 3.8) is 0 Å². The van der Waals surface area contributed by atoms with Gasteiger partial charge in [-0.3, -0.25) is 14.4 Å². The van der Waals surface area contributed by atoms with Gasteiger partial charge in [-0.2, -0.15) is 5.10 Å². The number of rotatable bonds is 8. The SMILES string of the molecule is CC(=O)Nc1ccc(C(C)NC(=O)c2ccc(C(=O)N/N=C(\C)c3csc(-c4ccc(Br)cc4)c3O)s2)cc1. The number of anilines is 1. The zero-order chi connectivity index (χ0) is 28.1. The van der Waals surface area contributed by atoms with Crippen molar-refractivity contribution in [3.05, 3.63) is 91.4 Å². The molecule has 2 aromatic carbocycles. The third-order valence-electron chi connectivity index (χ3n) is 5.72. The van der Waals surface area contributed by atoms with Gasteiger partial charge in [0.2, 0.25) is 5.91 Å². The summed E-state index contributed by atoms with van der Waals surface area (Å²) in [6.07, 6.45) is 0. The predicted molar refractivity (Wildman–Crippen MR) is 160 cm³/mol. The molecule has 0 aliphatic heterocycles. The van der Waals surface area contributed by atoms with Gasteiger partial charge in [0.15, 0.2) is 0 Å². The molecule has 4 rings (SSSR count). The Morgan fingerprint density at radius 3 is 2.21 bits per heavy atom. The van der Waals surface area contributed by atoms with Gasteiger partial charge in [0.25, 0.3) is 11.8 Å². The van der Waals surface area contributed by atoms with Crippen LogP contribution in [0.4, 0.5) is 5.69 Å². The normalized spacial score (nSPS) is 12.1. The van der Waals surface area contributed by atoms with Crippen LogP contribution in [0.15, 0.2) is 75.6 Å². The van der Waals surface area contributed by atoms with Gasteiger partial charge in [0.05, 0.1) is 31.9 Å². The first-order chi connectivity index (χ1) is 18.6. The Morgan fingerprint density at radius 1 is 0.923 bits per heavy atom. The lowest BCUT2D eigenvalue weighted by atomic mass is 10.1. The molecular formula is C28H25BrN4O4S2. The van der Waals surface area contributed by atoms with Gasteiger partial charge in [0.1, 0.15) is 5.75 Å². The van der Waals surface area contributed by atoms with Gasteiger partial charge in [-0.1, -0.05) is 40.2 Å². The molecule has 0 radical (unpaired) electrons. The number of hydrogen-bond donors (Lipinski definition) is 4. The van der Waals surface area contributed by atoms with Crippen LogP contribution < -0.4 is 16.1 Å². The Bertz CT molecular complexity index is 1540. The van der Waals surface area contributed by atoms with Gasteiger partial charge in [-0.25, -0.2) is 5.43 Å². The summed E-state index contributed by atoms with van der Waals surface area (Å²) in [7, 11) is 0. The Hall–Kier alpha value is -3.80. The molecule has 1 unspecified atom stereocenters. The Kier molecular flexibility index (Phi) is 8.95. The highest BCUT2D eigenvalue weighted by atomic mass is 79.9. The minimum Gasteiger partial charge on any atom is -0.506 e. The lowest BCUT2D eigenvalue weighted by molar-refractivity contribution is -0.114. The first-order valence-corrected chi connectivity index (χ1v) is 14.3. The summed E-state index contributed by atoms with van der Waals surface area (Å²) in [5, 5.41) is 22.3. The zero-order valence-electron chi connectivity index (χ0n) is 21.2. The molecule has 0 aliphatic carbocycles. The van der Waals surface area contributed by atoms with Crippen LogP contribution >= 0.6 is 38.6 Å². The lowest BCUT2D eigenvalue weighted by Gasteiger charge is -2.14. The van der Waals surface area contributed by atoms with Gasteiger partial charge >= 0.3 is 0 Å². The quantitative estimate of drug-likeness (QED) is 0.131. The molecule has 1 atom stereocenters. The van der Waals surface area contributed by atoms with E-state index in [9.17, 15) is 19.5 Å². The van der Waals surface area contributed by atoms with Crippen molar-refractivity contribution in [2.45, 2.75) is 26.8 Å². The summed E-state index contributed by atoms with van der Waals surface area (Å²) in [5.74, 6) is -0.812. The number of hydrogen-bond acceptors (Lipinski definition) is 7. The van der Waals surface area contributed by atoms with E-state index in [4.69, 9.17) is 0 Å². The van der Waals surface area contributed by atoms with Crippen LogP contribution in [0.3, 0.4) is 0 Å². The van der Waals surface area contributed by atoms with Gasteiger partial charge in [0, 0.05) is 22.5 Å². The molecule has 200 valence electrons. The first kappa shape index (κ1) is 28.2. The second-order valence-corrected chi connectivity index (χ2v) is 11.5. The molecule has 4 N–H and O–H groups in total. The van der Waals surface area contributed by atoms with Crippen molar-refractivity contribution in [2.24, 2.45) is 5.10 Å². The maximum absolute atomic E-state index is 12.8. The van der Waals surface area contributed by atoms with Crippen molar-refractivity contribution < 1.29 is 19.5 Å². The fourth-order valence-corrected chi connectivity index (χ4v) is 5.73. The minimum atomic E-state index is -0.456. The molecule has 2 aromatic heterocycles. The van der Waals surface area contributed by atoms with Gasteiger partial charge in [-0.05, 0) is 61.4 Å². The van der Waals surface area contributed by atoms with Crippen LogP contribution in [0.25, 0.3) is 10.4 Å². The van der Waals surface area contributed by atoms with Crippen LogP contribution in [-0.4, -0.2) is 28.5 Å². The van der Waals surface area contributed by atoms with E-state index in [-0.39, 0.29) is 23.6 Å². The molecule has 0 bridgehead atoms. The maximum atomic E-state index is 12.8. The molecule has 0 saturated carbocycles. The number of amides is 3. The number of benzene rings is 2. The molecule has 0 fully saturated rings. The van der Waals surface area contributed by atoms with Crippen LogP contribution in [0.1, 0.15) is 57.3 Å². The van der Waals surface area contributed by atoms with Crippen LogP contribution in [-0.2, 0) is 4.79 Å². The number of thiophene rings is 2. The number of halogens is 1. The number of aromatic hydroxyl groups is 1. The monoisotopic (exact) mass is 624 g/mol. The molecule has 11 heteroatoms. The average molecular weight is 626 g/mol. The van der Waals surface area contributed by atoms with E-state index in [1.54, 1.807) is 36.6 Å². The van der Waals surface area contributed by atoms with Crippen LogP contribution in [0.2, 0.25) is 0 Å². The molecule has 0 saturated heterocycles. The molecular weight excluding hydrogens is 600 g/mol. The highest BCUT2D eigenvalue weighted by Crippen LogP contribution is 2.39. The molecule has 0 aliphatic rings. The largest absolute Gasteiger partial charge is 0.506 e. The summed E-state index contributed by atoms with van der Waals surface area (Å²) < 4.78 is 0.946. The van der Waals surface area contributed by atoms with Crippen LogP contribution in [0, 0.1) is 0 Å². The van der Waals surface area contributed by atoms with Crippen LogP contribution in [0.5, 0.6) is 5.75 Å². The Labute approximate surface area is 241 Å². The van der Waals surface area contributed by atoms with Crippen molar-refractivity contribution >= 4 is 67.7 Å². The van der Waals surface area contributed by atoms with E-state index in [2.05, 4.69) is 37.1 Å². The average Bonchev–Trinajstić information content (AvgIpc) is 3.55. The topological polar surface area (TPSA) is 120 Å². The standard InChI is InChI=1S/C28H25BrN4O4S2/c1-15(18-6-10-21(11-7-18)31-17(3)34)30-27(36)23-12-13-24(39-23)28(37)33-32-16(2)22-14-38-26(25(22)35)19-4-8-20(29)9-5-19/h4-15,35H,1-3H3,(H,30,36)(H,31,34)(H,33,37)/b32-16+. The molecule has 8 nitrogen and oxygen atoms in total. The number of carbonyl (C=O) groups excluding carboxylic acids is 3. The highest BCUT2D eigenvalue weighted by Gasteiger charge is 2.18. The summed E-state index contributed by atoms with van der Waals surface area (Å²) in [4.78, 5) is 38.0. The van der Waals surface area contributed by atoms with Crippen molar-refractivity contribution in [1.29, 1.82) is 0 Å². The molecule has 4 aromatic rings.